The van der Waals surface area contributed by atoms with E-state index in [2.05, 4.69) is 15.5 Å². The molecular weight excluding hydrogens is 304 g/mol. The Morgan fingerprint density at radius 2 is 1.96 bits per heavy atom. The van der Waals surface area contributed by atoms with Gasteiger partial charge in [0.05, 0.1) is 18.4 Å². The van der Waals surface area contributed by atoms with Crippen LogP contribution in [-0.2, 0) is 6.54 Å². The molecule has 0 fully saturated rings. The lowest BCUT2D eigenvalue weighted by Gasteiger charge is -2.05. The number of carbonyl (C=O) groups excluding carboxylic acids is 1. The van der Waals surface area contributed by atoms with Crippen molar-refractivity contribution in [2.24, 2.45) is 0 Å². The minimum Gasteiger partial charge on any atom is -0.318 e. The third kappa shape index (κ3) is 3.42. The summed E-state index contributed by atoms with van der Waals surface area (Å²) in [6.45, 7) is -2.32. The van der Waals surface area contributed by atoms with Crippen LogP contribution in [0.2, 0.25) is 0 Å². The third-order valence-electron chi connectivity index (χ3n) is 3.17. The number of nitrogens with zero attached hydrogens (tertiary/aromatic N) is 4. The van der Waals surface area contributed by atoms with Gasteiger partial charge in [0.15, 0.2) is 0 Å². The first-order chi connectivity index (χ1) is 11.1. The standard InChI is InChI=1S/C15H13F2N5O/c16-15(17)22-13(6-7-18-22)14(23)20-12-8-19-21(10-12)9-11-4-2-1-3-5-11/h1-8,10,15H,9H2,(H,20,23). The number of hydrogen-bond acceptors (Lipinski definition) is 3. The van der Waals surface area contributed by atoms with Crippen LogP contribution in [0.4, 0.5) is 14.5 Å². The van der Waals surface area contributed by atoms with E-state index in [1.165, 1.54) is 12.3 Å². The van der Waals surface area contributed by atoms with E-state index >= 15 is 0 Å². The van der Waals surface area contributed by atoms with Crippen LogP contribution in [0, 0.1) is 0 Å². The molecule has 118 valence electrons. The first-order valence-corrected chi connectivity index (χ1v) is 6.83. The summed E-state index contributed by atoms with van der Waals surface area (Å²) < 4.78 is 27.4. The second-order valence-electron chi connectivity index (χ2n) is 4.80. The summed E-state index contributed by atoms with van der Waals surface area (Å²) in [5.74, 6) is -0.665. The number of rotatable bonds is 5. The van der Waals surface area contributed by atoms with E-state index in [4.69, 9.17) is 0 Å². The fourth-order valence-corrected chi connectivity index (χ4v) is 2.13. The summed E-state index contributed by atoms with van der Waals surface area (Å²) in [7, 11) is 0. The second-order valence-corrected chi connectivity index (χ2v) is 4.80. The molecule has 0 aliphatic carbocycles. The average molecular weight is 317 g/mol. The van der Waals surface area contributed by atoms with E-state index in [0.717, 1.165) is 11.8 Å². The normalized spacial score (nSPS) is 10.9. The second kappa shape index (κ2) is 6.39. The Labute approximate surface area is 130 Å². The largest absolute Gasteiger partial charge is 0.333 e. The smallest absolute Gasteiger partial charge is 0.318 e. The van der Waals surface area contributed by atoms with Gasteiger partial charge in [0.2, 0.25) is 0 Å². The molecule has 3 aromatic rings. The maximum absolute atomic E-state index is 12.7. The molecule has 23 heavy (non-hydrogen) atoms. The lowest BCUT2D eigenvalue weighted by Crippen LogP contribution is -2.18. The highest BCUT2D eigenvalue weighted by Crippen LogP contribution is 2.14. The summed E-state index contributed by atoms with van der Waals surface area (Å²) >= 11 is 0. The van der Waals surface area contributed by atoms with Gasteiger partial charge in [-0.3, -0.25) is 9.48 Å². The minimum absolute atomic E-state index is 0.212. The molecule has 0 spiro atoms. The Kier molecular flexibility index (Phi) is 4.13. The number of nitrogens with one attached hydrogen (secondary N) is 1. The summed E-state index contributed by atoms with van der Waals surface area (Å²) in [6.07, 6.45) is 4.25. The van der Waals surface area contributed by atoms with Crippen LogP contribution in [0.25, 0.3) is 0 Å². The molecule has 2 aromatic heterocycles. The Hall–Kier alpha value is -3.03. The molecule has 3 rings (SSSR count). The highest BCUT2D eigenvalue weighted by Gasteiger charge is 2.18. The van der Waals surface area contributed by atoms with Crippen LogP contribution >= 0.6 is 0 Å². The van der Waals surface area contributed by atoms with Crippen molar-refractivity contribution in [2.75, 3.05) is 5.32 Å². The van der Waals surface area contributed by atoms with Gasteiger partial charge < -0.3 is 5.32 Å². The van der Waals surface area contributed by atoms with Gasteiger partial charge in [-0.25, -0.2) is 0 Å². The first-order valence-electron chi connectivity index (χ1n) is 6.83. The predicted molar refractivity (Wildman–Crippen MR) is 79.2 cm³/mol. The molecule has 6 nitrogen and oxygen atoms in total. The highest BCUT2D eigenvalue weighted by molar-refractivity contribution is 6.02. The highest BCUT2D eigenvalue weighted by atomic mass is 19.3. The Morgan fingerprint density at radius 1 is 1.17 bits per heavy atom. The summed E-state index contributed by atoms with van der Waals surface area (Å²) in [5, 5.41) is 10.1. The number of aromatic nitrogens is 4. The molecule has 8 heteroatoms. The van der Waals surface area contributed by atoms with Crippen LogP contribution in [-0.4, -0.2) is 25.5 Å². The fraction of sp³-hybridized carbons (Fsp3) is 0.133. The monoisotopic (exact) mass is 317 g/mol. The van der Waals surface area contributed by atoms with Crippen molar-refractivity contribution in [2.45, 2.75) is 13.1 Å². The number of alkyl halides is 2. The molecule has 1 N–H and O–H groups in total. The van der Waals surface area contributed by atoms with Crippen LogP contribution in [0.1, 0.15) is 22.6 Å². The molecule has 2 heterocycles. The van der Waals surface area contributed by atoms with Gasteiger partial charge in [-0.1, -0.05) is 30.3 Å². The van der Waals surface area contributed by atoms with Crippen molar-refractivity contribution in [3.63, 3.8) is 0 Å². The predicted octanol–water partition coefficient (Wildman–Crippen LogP) is 2.78. The van der Waals surface area contributed by atoms with Crippen molar-refractivity contribution >= 4 is 11.6 Å². The van der Waals surface area contributed by atoms with E-state index in [9.17, 15) is 13.6 Å². The van der Waals surface area contributed by atoms with Gasteiger partial charge in [0, 0.05) is 12.4 Å². The first kappa shape index (κ1) is 14.9. The molecule has 0 aliphatic rings. The summed E-state index contributed by atoms with van der Waals surface area (Å²) in [4.78, 5) is 12.0. The van der Waals surface area contributed by atoms with Gasteiger partial charge in [-0.15, -0.1) is 0 Å². The van der Waals surface area contributed by atoms with E-state index in [0.29, 0.717) is 16.9 Å². The van der Waals surface area contributed by atoms with Crippen LogP contribution in [0.3, 0.4) is 0 Å². The Balaban J connectivity index is 1.69. The van der Waals surface area contributed by atoms with Gasteiger partial charge in [0.1, 0.15) is 5.69 Å². The number of carbonyl (C=O) groups is 1. The molecule has 1 aromatic carbocycles. The van der Waals surface area contributed by atoms with E-state index < -0.39 is 12.5 Å². The van der Waals surface area contributed by atoms with E-state index in [1.54, 1.807) is 10.9 Å². The van der Waals surface area contributed by atoms with Crippen molar-refractivity contribution in [1.29, 1.82) is 0 Å². The lowest BCUT2D eigenvalue weighted by atomic mass is 10.2. The van der Waals surface area contributed by atoms with E-state index in [-0.39, 0.29) is 5.69 Å². The molecule has 1 amide bonds. The molecular formula is C15H13F2N5O. The summed E-state index contributed by atoms with van der Waals surface area (Å²) in [5.41, 5.74) is 1.27. The van der Waals surface area contributed by atoms with Crippen LogP contribution in [0.5, 0.6) is 0 Å². The number of anilines is 1. The number of halogens is 2. The maximum Gasteiger partial charge on any atom is 0.333 e. The third-order valence-corrected chi connectivity index (χ3v) is 3.17. The topological polar surface area (TPSA) is 64.7 Å². The number of amides is 1. The van der Waals surface area contributed by atoms with Crippen molar-refractivity contribution < 1.29 is 13.6 Å². The maximum atomic E-state index is 12.7. The van der Waals surface area contributed by atoms with E-state index in [1.807, 2.05) is 30.3 Å². The summed E-state index contributed by atoms with van der Waals surface area (Å²) in [6, 6.07) is 10.9. The molecule has 0 bridgehead atoms. The molecule has 0 saturated heterocycles. The molecule has 0 radical (unpaired) electrons. The van der Waals surface area contributed by atoms with Crippen molar-refractivity contribution in [3.05, 3.63) is 66.2 Å². The van der Waals surface area contributed by atoms with Gasteiger partial charge in [0.25, 0.3) is 5.91 Å². The van der Waals surface area contributed by atoms with Crippen LogP contribution < -0.4 is 5.32 Å². The lowest BCUT2D eigenvalue weighted by molar-refractivity contribution is 0.0520. The zero-order valence-electron chi connectivity index (χ0n) is 11.9. The van der Waals surface area contributed by atoms with Crippen molar-refractivity contribution in [1.82, 2.24) is 19.6 Å². The minimum atomic E-state index is -2.87. The van der Waals surface area contributed by atoms with Gasteiger partial charge >= 0.3 is 6.55 Å². The number of benzene rings is 1. The molecule has 0 atom stereocenters. The Morgan fingerprint density at radius 3 is 2.70 bits per heavy atom. The molecule has 0 aliphatic heterocycles. The fourth-order valence-electron chi connectivity index (χ4n) is 2.13. The van der Waals surface area contributed by atoms with Crippen molar-refractivity contribution in [3.8, 4) is 0 Å². The van der Waals surface area contributed by atoms with Crippen LogP contribution in [0.15, 0.2) is 55.0 Å². The van der Waals surface area contributed by atoms with Gasteiger partial charge in [-0.05, 0) is 11.6 Å². The Bertz CT molecular complexity index is 797. The zero-order chi connectivity index (χ0) is 16.2. The SMILES string of the molecule is O=C(Nc1cnn(Cc2ccccc2)c1)c1ccnn1C(F)F. The average Bonchev–Trinajstić information content (AvgIpc) is 3.17. The quantitative estimate of drug-likeness (QED) is 0.787. The zero-order valence-corrected chi connectivity index (χ0v) is 11.9. The molecule has 0 unspecified atom stereocenters. The van der Waals surface area contributed by atoms with Gasteiger partial charge in [-0.2, -0.15) is 23.7 Å². The number of hydrogen-bond donors (Lipinski definition) is 1. The molecule has 0 saturated carbocycles.